The Morgan fingerprint density at radius 3 is 2.55 bits per heavy atom. The van der Waals surface area contributed by atoms with Crippen molar-refractivity contribution < 1.29 is 4.79 Å². The van der Waals surface area contributed by atoms with Crippen LogP contribution >= 0.6 is 11.8 Å². The van der Waals surface area contributed by atoms with Crippen molar-refractivity contribution in [1.82, 2.24) is 5.32 Å². The number of anilines is 1. The second kappa shape index (κ2) is 7.70. The molecule has 1 aliphatic rings. The Labute approximate surface area is 126 Å². The summed E-state index contributed by atoms with van der Waals surface area (Å²) >= 11 is 1.82. The van der Waals surface area contributed by atoms with Crippen molar-refractivity contribution in [1.29, 1.82) is 0 Å². The Balaban J connectivity index is 1.89. The fourth-order valence-electron chi connectivity index (χ4n) is 2.46. The maximum atomic E-state index is 12.4. The van der Waals surface area contributed by atoms with Crippen LogP contribution < -0.4 is 10.2 Å². The standard InChI is InChI=1S/C16H24N2OS/c1-3-18(14-6-4-13(2)5-7-14)16(19)12-20-15-8-10-17-11-9-15/h4-7,15,17H,3,8-12H2,1-2H3. The van der Waals surface area contributed by atoms with E-state index in [-0.39, 0.29) is 5.91 Å². The van der Waals surface area contributed by atoms with Crippen molar-refractivity contribution >= 4 is 23.4 Å². The highest BCUT2D eigenvalue weighted by molar-refractivity contribution is 8.00. The normalized spacial score (nSPS) is 16.1. The predicted molar refractivity (Wildman–Crippen MR) is 87.6 cm³/mol. The van der Waals surface area contributed by atoms with Gasteiger partial charge in [0.2, 0.25) is 5.91 Å². The summed E-state index contributed by atoms with van der Waals surface area (Å²) in [6, 6.07) is 8.19. The molecule has 20 heavy (non-hydrogen) atoms. The largest absolute Gasteiger partial charge is 0.317 e. The van der Waals surface area contributed by atoms with E-state index in [1.807, 2.05) is 35.7 Å². The first-order chi connectivity index (χ1) is 9.70. The molecule has 3 nitrogen and oxygen atoms in total. The van der Waals surface area contributed by atoms with Crippen LogP contribution in [0, 0.1) is 6.92 Å². The summed E-state index contributed by atoms with van der Waals surface area (Å²) in [4.78, 5) is 14.3. The van der Waals surface area contributed by atoms with Crippen molar-refractivity contribution in [3.63, 3.8) is 0 Å². The third-order valence-electron chi connectivity index (χ3n) is 3.69. The number of rotatable bonds is 5. The summed E-state index contributed by atoms with van der Waals surface area (Å²) in [5.41, 5.74) is 2.23. The van der Waals surface area contributed by atoms with Crippen molar-refractivity contribution in [2.45, 2.75) is 31.9 Å². The van der Waals surface area contributed by atoms with E-state index in [9.17, 15) is 4.79 Å². The van der Waals surface area contributed by atoms with Gasteiger partial charge in [0, 0.05) is 17.5 Å². The lowest BCUT2D eigenvalue weighted by Crippen LogP contribution is -2.34. The Kier molecular flexibility index (Phi) is 5.92. The molecule has 0 saturated carbocycles. The highest BCUT2D eigenvalue weighted by Crippen LogP contribution is 2.22. The molecule has 1 aromatic rings. The zero-order valence-corrected chi connectivity index (χ0v) is 13.2. The minimum Gasteiger partial charge on any atom is -0.317 e. The van der Waals surface area contributed by atoms with Crippen LogP contribution in [0.3, 0.4) is 0 Å². The summed E-state index contributed by atoms with van der Waals surface area (Å²) in [5, 5.41) is 3.99. The number of aryl methyl sites for hydroxylation is 1. The second-order valence-electron chi connectivity index (χ2n) is 5.23. The van der Waals surface area contributed by atoms with Gasteiger partial charge in [-0.15, -0.1) is 11.8 Å². The Morgan fingerprint density at radius 2 is 1.95 bits per heavy atom. The minimum atomic E-state index is 0.222. The Hall–Kier alpha value is -1.00. The lowest BCUT2D eigenvalue weighted by molar-refractivity contribution is -0.116. The monoisotopic (exact) mass is 292 g/mol. The number of nitrogens with zero attached hydrogens (tertiary/aromatic N) is 1. The highest BCUT2D eigenvalue weighted by atomic mass is 32.2. The zero-order valence-electron chi connectivity index (χ0n) is 12.4. The van der Waals surface area contributed by atoms with Crippen molar-refractivity contribution in [3.05, 3.63) is 29.8 Å². The Morgan fingerprint density at radius 1 is 1.30 bits per heavy atom. The van der Waals surface area contributed by atoms with Crippen LogP contribution in [0.1, 0.15) is 25.3 Å². The summed E-state index contributed by atoms with van der Waals surface area (Å²) in [6.07, 6.45) is 2.35. The van der Waals surface area contributed by atoms with E-state index in [2.05, 4.69) is 24.4 Å². The molecule has 1 aromatic carbocycles. The van der Waals surface area contributed by atoms with Crippen LogP contribution in [-0.4, -0.2) is 36.5 Å². The van der Waals surface area contributed by atoms with E-state index in [0.29, 0.717) is 11.0 Å². The van der Waals surface area contributed by atoms with E-state index in [4.69, 9.17) is 0 Å². The third kappa shape index (κ3) is 4.25. The van der Waals surface area contributed by atoms with Crippen LogP contribution in [-0.2, 0) is 4.79 Å². The lowest BCUT2D eigenvalue weighted by atomic mass is 10.2. The molecule has 2 rings (SSSR count). The molecule has 0 atom stereocenters. The first kappa shape index (κ1) is 15.4. The number of carbonyl (C=O) groups is 1. The number of amides is 1. The van der Waals surface area contributed by atoms with Gasteiger partial charge in [-0.2, -0.15) is 0 Å². The van der Waals surface area contributed by atoms with Gasteiger partial charge >= 0.3 is 0 Å². The average Bonchev–Trinajstić information content (AvgIpc) is 2.49. The molecule has 1 amide bonds. The van der Waals surface area contributed by atoms with Gasteiger partial charge in [0.05, 0.1) is 5.75 Å². The van der Waals surface area contributed by atoms with Gasteiger partial charge in [-0.25, -0.2) is 0 Å². The molecule has 1 heterocycles. The number of carbonyl (C=O) groups excluding carboxylic acids is 1. The third-order valence-corrected chi connectivity index (χ3v) is 5.05. The van der Waals surface area contributed by atoms with E-state index in [1.54, 1.807) is 0 Å². The summed E-state index contributed by atoms with van der Waals surface area (Å²) < 4.78 is 0. The van der Waals surface area contributed by atoms with Gasteiger partial charge in [-0.1, -0.05) is 17.7 Å². The number of hydrogen-bond donors (Lipinski definition) is 1. The summed E-state index contributed by atoms with van der Waals surface area (Å²) in [7, 11) is 0. The molecule has 1 fully saturated rings. The van der Waals surface area contributed by atoms with Gasteiger partial charge in [0.25, 0.3) is 0 Å². The molecule has 4 heteroatoms. The number of thioether (sulfide) groups is 1. The lowest BCUT2D eigenvalue weighted by Gasteiger charge is -2.25. The maximum Gasteiger partial charge on any atom is 0.236 e. The first-order valence-electron chi connectivity index (χ1n) is 7.40. The average molecular weight is 292 g/mol. The van der Waals surface area contributed by atoms with Crippen LogP contribution in [0.2, 0.25) is 0 Å². The molecule has 0 spiro atoms. The molecular formula is C16H24N2OS. The fourth-order valence-corrected chi connectivity index (χ4v) is 3.56. The molecule has 110 valence electrons. The van der Waals surface area contributed by atoms with Gasteiger partial charge in [-0.3, -0.25) is 4.79 Å². The molecule has 0 aromatic heterocycles. The van der Waals surface area contributed by atoms with Crippen molar-refractivity contribution in [2.24, 2.45) is 0 Å². The molecular weight excluding hydrogens is 268 g/mol. The van der Waals surface area contributed by atoms with Crippen LogP contribution in [0.25, 0.3) is 0 Å². The molecule has 1 saturated heterocycles. The Bertz CT molecular complexity index is 427. The molecule has 1 aliphatic heterocycles. The predicted octanol–water partition coefficient (Wildman–Crippen LogP) is 2.83. The van der Waals surface area contributed by atoms with Crippen LogP contribution in [0.5, 0.6) is 0 Å². The SMILES string of the molecule is CCN(C(=O)CSC1CCNCC1)c1ccc(C)cc1. The fraction of sp³-hybridized carbons (Fsp3) is 0.562. The van der Waals surface area contributed by atoms with E-state index >= 15 is 0 Å². The molecule has 0 bridgehead atoms. The van der Waals surface area contributed by atoms with Gasteiger partial charge in [0.1, 0.15) is 0 Å². The number of piperidine rings is 1. The summed E-state index contributed by atoms with van der Waals surface area (Å²) in [5.74, 6) is 0.812. The molecule has 0 unspecified atom stereocenters. The minimum absolute atomic E-state index is 0.222. The maximum absolute atomic E-state index is 12.4. The zero-order chi connectivity index (χ0) is 14.4. The van der Waals surface area contributed by atoms with E-state index in [1.165, 1.54) is 18.4 Å². The van der Waals surface area contributed by atoms with Gasteiger partial charge in [0.15, 0.2) is 0 Å². The first-order valence-corrected chi connectivity index (χ1v) is 8.45. The summed E-state index contributed by atoms with van der Waals surface area (Å²) in [6.45, 7) is 7.00. The van der Waals surface area contributed by atoms with Gasteiger partial charge < -0.3 is 10.2 Å². The quantitative estimate of drug-likeness (QED) is 0.906. The van der Waals surface area contributed by atoms with Crippen LogP contribution in [0.15, 0.2) is 24.3 Å². The van der Waals surface area contributed by atoms with E-state index < -0.39 is 0 Å². The topological polar surface area (TPSA) is 32.3 Å². The smallest absolute Gasteiger partial charge is 0.236 e. The highest BCUT2D eigenvalue weighted by Gasteiger charge is 2.18. The number of benzene rings is 1. The van der Waals surface area contributed by atoms with E-state index in [0.717, 1.165) is 25.3 Å². The van der Waals surface area contributed by atoms with Crippen molar-refractivity contribution in [3.8, 4) is 0 Å². The second-order valence-corrected chi connectivity index (χ2v) is 6.52. The number of hydrogen-bond acceptors (Lipinski definition) is 3. The number of nitrogens with one attached hydrogen (secondary N) is 1. The molecule has 0 radical (unpaired) electrons. The molecule has 0 aliphatic carbocycles. The van der Waals surface area contributed by atoms with Crippen LogP contribution in [0.4, 0.5) is 5.69 Å². The molecule has 1 N–H and O–H groups in total. The van der Waals surface area contributed by atoms with Gasteiger partial charge in [-0.05, 0) is 51.9 Å². The van der Waals surface area contributed by atoms with Crippen molar-refractivity contribution in [2.75, 3.05) is 30.3 Å².